The molecule has 0 aliphatic heterocycles. The molecule has 0 amide bonds. The lowest BCUT2D eigenvalue weighted by atomic mass is 10.2. The molecule has 0 saturated carbocycles. The Balaban J connectivity index is 3.17. The highest BCUT2D eigenvalue weighted by Gasteiger charge is 2.39. The molecular formula is C17H26ClFOSi2. The Bertz CT molecular complexity index is 593. The lowest BCUT2D eigenvalue weighted by Gasteiger charge is -2.36. The lowest BCUT2D eigenvalue weighted by molar-refractivity contribution is 0.487. The summed E-state index contributed by atoms with van der Waals surface area (Å²) in [6.45, 7) is 17.0. The quantitative estimate of drug-likeness (QED) is 0.460. The standard InChI is InChI=1S/C17H26ClFOSi2/c1-17(2,3)22(7,8)20-13-11-15(18)14(16(19)12-13)9-10-21(4,5)6/h11-12H,1-8H3. The smallest absolute Gasteiger partial charge is 0.250 e. The summed E-state index contributed by atoms with van der Waals surface area (Å²) in [5, 5.41) is 0.367. The van der Waals surface area contributed by atoms with E-state index in [0.29, 0.717) is 10.8 Å². The van der Waals surface area contributed by atoms with E-state index in [4.69, 9.17) is 16.0 Å². The summed E-state index contributed by atoms with van der Waals surface area (Å²) in [4.78, 5) is 0. The summed E-state index contributed by atoms with van der Waals surface area (Å²) in [5.41, 5.74) is 3.41. The summed E-state index contributed by atoms with van der Waals surface area (Å²) < 4.78 is 20.4. The summed E-state index contributed by atoms with van der Waals surface area (Å²) >= 11 is 6.22. The number of halogens is 2. The van der Waals surface area contributed by atoms with Gasteiger partial charge in [0.15, 0.2) is 0 Å². The predicted octanol–water partition coefficient (Wildman–Crippen LogP) is 6.09. The fourth-order valence-electron chi connectivity index (χ4n) is 1.43. The van der Waals surface area contributed by atoms with Crippen LogP contribution in [0.5, 0.6) is 5.75 Å². The van der Waals surface area contributed by atoms with E-state index in [9.17, 15) is 4.39 Å². The Kier molecular flexibility index (Phi) is 5.60. The highest BCUT2D eigenvalue weighted by molar-refractivity contribution is 6.83. The molecule has 122 valence electrons. The minimum Gasteiger partial charge on any atom is -0.543 e. The molecular weight excluding hydrogens is 331 g/mol. The van der Waals surface area contributed by atoms with E-state index in [1.54, 1.807) is 6.07 Å². The van der Waals surface area contributed by atoms with Gasteiger partial charge in [0, 0.05) is 6.07 Å². The van der Waals surface area contributed by atoms with Gasteiger partial charge >= 0.3 is 0 Å². The van der Waals surface area contributed by atoms with Gasteiger partial charge in [0.2, 0.25) is 8.32 Å². The van der Waals surface area contributed by atoms with Crippen LogP contribution >= 0.6 is 11.6 Å². The zero-order valence-electron chi connectivity index (χ0n) is 14.8. The zero-order valence-corrected chi connectivity index (χ0v) is 17.6. The maximum Gasteiger partial charge on any atom is 0.250 e. The van der Waals surface area contributed by atoms with Crippen molar-refractivity contribution in [2.45, 2.75) is 58.5 Å². The van der Waals surface area contributed by atoms with Crippen molar-refractivity contribution in [1.29, 1.82) is 0 Å². The number of benzene rings is 1. The second-order valence-electron chi connectivity index (χ2n) is 8.12. The van der Waals surface area contributed by atoms with Crippen LogP contribution in [0.25, 0.3) is 0 Å². The molecule has 5 heteroatoms. The number of hydrogen-bond acceptors (Lipinski definition) is 1. The molecule has 0 bridgehead atoms. The Labute approximate surface area is 141 Å². The van der Waals surface area contributed by atoms with Crippen molar-refractivity contribution in [2.24, 2.45) is 0 Å². The minimum absolute atomic E-state index is 0.0479. The highest BCUT2D eigenvalue weighted by Crippen LogP contribution is 2.38. The Hall–Kier alpha value is -0.766. The average molecular weight is 357 g/mol. The van der Waals surface area contributed by atoms with Gasteiger partial charge in [-0.2, -0.15) is 0 Å². The van der Waals surface area contributed by atoms with Crippen LogP contribution in [-0.2, 0) is 0 Å². The van der Waals surface area contributed by atoms with Crippen molar-refractivity contribution < 1.29 is 8.82 Å². The van der Waals surface area contributed by atoms with E-state index >= 15 is 0 Å². The Morgan fingerprint density at radius 2 is 1.64 bits per heavy atom. The Morgan fingerprint density at radius 3 is 2.05 bits per heavy atom. The fraction of sp³-hybridized carbons (Fsp3) is 0.529. The molecule has 22 heavy (non-hydrogen) atoms. The maximum absolute atomic E-state index is 14.3. The van der Waals surface area contributed by atoms with Crippen LogP contribution in [0.4, 0.5) is 4.39 Å². The molecule has 0 spiro atoms. The molecule has 0 aliphatic carbocycles. The van der Waals surface area contributed by atoms with Gasteiger partial charge < -0.3 is 4.43 Å². The molecule has 0 heterocycles. The lowest BCUT2D eigenvalue weighted by Crippen LogP contribution is -2.43. The van der Waals surface area contributed by atoms with Crippen LogP contribution in [-0.4, -0.2) is 16.4 Å². The van der Waals surface area contributed by atoms with Crippen LogP contribution in [0.15, 0.2) is 12.1 Å². The van der Waals surface area contributed by atoms with Gasteiger partial charge in [-0.25, -0.2) is 4.39 Å². The second kappa shape index (κ2) is 6.39. The van der Waals surface area contributed by atoms with E-state index in [1.165, 1.54) is 6.07 Å². The first-order chi connectivity index (χ1) is 9.73. The van der Waals surface area contributed by atoms with E-state index in [2.05, 4.69) is 65.0 Å². The molecule has 0 N–H and O–H groups in total. The highest BCUT2D eigenvalue weighted by atomic mass is 35.5. The summed E-state index contributed by atoms with van der Waals surface area (Å²) in [6.07, 6.45) is 0. The summed E-state index contributed by atoms with van der Waals surface area (Å²) in [6, 6.07) is 3.08. The molecule has 0 unspecified atom stereocenters. The monoisotopic (exact) mass is 356 g/mol. The third kappa shape index (κ3) is 5.15. The van der Waals surface area contributed by atoms with E-state index < -0.39 is 22.2 Å². The van der Waals surface area contributed by atoms with Crippen LogP contribution in [0.2, 0.25) is 42.8 Å². The molecule has 0 atom stereocenters. The summed E-state index contributed by atoms with van der Waals surface area (Å²) in [5.74, 6) is 2.98. The molecule has 0 fully saturated rings. The Morgan fingerprint density at radius 1 is 1.09 bits per heavy atom. The zero-order chi connectivity index (χ0) is 17.3. The minimum atomic E-state index is -2.01. The SMILES string of the molecule is CC(C)(C)[Si](C)(C)Oc1cc(F)c(C#C[Si](C)(C)C)c(Cl)c1. The molecule has 1 aromatic carbocycles. The van der Waals surface area contributed by atoms with Gasteiger partial charge in [0.1, 0.15) is 19.6 Å². The van der Waals surface area contributed by atoms with Gasteiger partial charge in [-0.1, -0.05) is 57.9 Å². The largest absolute Gasteiger partial charge is 0.543 e. The average Bonchev–Trinajstić information content (AvgIpc) is 2.23. The first-order valence-electron chi connectivity index (χ1n) is 7.44. The third-order valence-electron chi connectivity index (χ3n) is 3.76. The molecule has 0 aromatic heterocycles. The molecule has 0 saturated heterocycles. The van der Waals surface area contributed by atoms with E-state index in [-0.39, 0.29) is 10.6 Å². The van der Waals surface area contributed by atoms with Gasteiger partial charge in [-0.15, -0.1) is 5.54 Å². The second-order valence-corrected chi connectivity index (χ2v) is 18.0. The molecule has 0 aliphatic rings. The van der Waals surface area contributed by atoms with Crippen molar-refractivity contribution >= 4 is 28.0 Å². The van der Waals surface area contributed by atoms with Crippen molar-refractivity contribution in [3.8, 4) is 17.2 Å². The molecule has 1 nitrogen and oxygen atoms in total. The number of rotatable bonds is 2. The van der Waals surface area contributed by atoms with Gasteiger partial charge in [-0.3, -0.25) is 0 Å². The predicted molar refractivity (Wildman–Crippen MR) is 99.5 cm³/mol. The van der Waals surface area contributed by atoms with Crippen LogP contribution < -0.4 is 4.43 Å². The topological polar surface area (TPSA) is 9.23 Å². The van der Waals surface area contributed by atoms with Crippen LogP contribution in [0, 0.1) is 17.3 Å². The van der Waals surface area contributed by atoms with E-state index in [1.807, 2.05) is 0 Å². The maximum atomic E-state index is 14.3. The first kappa shape index (κ1) is 19.3. The molecule has 1 aromatic rings. The van der Waals surface area contributed by atoms with Crippen molar-refractivity contribution in [3.63, 3.8) is 0 Å². The van der Waals surface area contributed by atoms with Gasteiger partial charge in [0.05, 0.1) is 10.6 Å². The normalized spacial score (nSPS) is 12.6. The van der Waals surface area contributed by atoms with Crippen LogP contribution in [0.1, 0.15) is 26.3 Å². The van der Waals surface area contributed by atoms with Gasteiger partial charge in [0.25, 0.3) is 0 Å². The molecule has 1 rings (SSSR count). The van der Waals surface area contributed by atoms with Gasteiger partial charge in [-0.05, 0) is 24.2 Å². The number of hydrogen-bond donors (Lipinski definition) is 0. The summed E-state index contributed by atoms with van der Waals surface area (Å²) in [7, 11) is -3.59. The van der Waals surface area contributed by atoms with Crippen molar-refractivity contribution in [2.75, 3.05) is 0 Å². The van der Waals surface area contributed by atoms with Crippen molar-refractivity contribution in [3.05, 3.63) is 28.5 Å². The van der Waals surface area contributed by atoms with Crippen molar-refractivity contribution in [1.82, 2.24) is 0 Å². The molecule has 0 radical (unpaired) electrons. The fourth-order valence-corrected chi connectivity index (χ4v) is 3.18. The van der Waals surface area contributed by atoms with Crippen LogP contribution in [0.3, 0.4) is 0 Å². The van der Waals surface area contributed by atoms with E-state index in [0.717, 1.165) is 0 Å². The first-order valence-corrected chi connectivity index (χ1v) is 14.2. The third-order valence-corrected chi connectivity index (χ3v) is 9.29.